The Morgan fingerprint density at radius 1 is 1.30 bits per heavy atom. The zero-order chi connectivity index (χ0) is 14.7. The van der Waals surface area contributed by atoms with Crippen LogP contribution in [0.3, 0.4) is 0 Å². The monoisotopic (exact) mass is 333 g/mol. The highest BCUT2D eigenvalue weighted by Crippen LogP contribution is 2.28. The normalized spacial score (nSPS) is 10.3. The third kappa shape index (κ3) is 2.85. The molecule has 0 fully saturated rings. The number of carbonyl (C=O) groups is 1. The van der Waals surface area contributed by atoms with Crippen LogP contribution < -0.4 is 10.5 Å². The highest BCUT2D eigenvalue weighted by molar-refractivity contribution is 9.10. The van der Waals surface area contributed by atoms with Gasteiger partial charge in [0.05, 0.1) is 6.61 Å². The fourth-order valence-corrected chi connectivity index (χ4v) is 2.61. The first kappa shape index (κ1) is 14.6. The number of ketones is 1. The molecule has 0 saturated heterocycles. The molecule has 0 radical (unpaired) electrons. The summed E-state index contributed by atoms with van der Waals surface area (Å²) in [5, 5.41) is 0. The third-order valence-electron chi connectivity index (χ3n) is 3.03. The van der Waals surface area contributed by atoms with Crippen LogP contribution in [0.15, 0.2) is 40.9 Å². The van der Waals surface area contributed by atoms with Crippen LogP contribution in [0.5, 0.6) is 5.75 Å². The van der Waals surface area contributed by atoms with E-state index in [1.807, 2.05) is 26.0 Å². The van der Waals surface area contributed by atoms with Gasteiger partial charge in [-0.25, -0.2) is 0 Å². The molecule has 2 rings (SSSR count). The van der Waals surface area contributed by atoms with Crippen LogP contribution in [0.25, 0.3) is 0 Å². The van der Waals surface area contributed by atoms with Crippen LogP contribution in [0, 0.1) is 6.92 Å². The quantitative estimate of drug-likeness (QED) is 0.680. The maximum absolute atomic E-state index is 12.6. The Morgan fingerprint density at radius 3 is 2.65 bits per heavy atom. The molecule has 0 atom stereocenters. The van der Waals surface area contributed by atoms with Crippen LogP contribution in [0.2, 0.25) is 0 Å². The van der Waals surface area contributed by atoms with Crippen molar-refractivity contribution < 1.29 is 9.53 Å². The summed E-state index contributed by atoms with van der Waals surface area (Å²) in [6.45, 7) is 4.39. The fraction of sp³-hybridized carbons (Fsp3) is 0.188. The third-order valence-corrected chi connectivity index (χ3v) is 3.68. The smallest absolute Gasteiger partial charge is 0.196 e. The molecule has 0 bridgehead atoms. The molecule has 2 aromatic rings. The van der Waals surface area contributed by atoms with E-state index in [0.717, 1.165) is 11.3 Å². The lowest BCUT2D eigenvalue weighted by molar-refractivity contribution is 0.103. The van der Waals surface area contributed by atoms with Crippen LogP contribution in [-0.2, 0) is 0 Å². The van der Waals surface area contributed by atoms with E-state index in [-0.39, 0.29) is 5.78 Å². The number of carbonyl (C=O) groups excluding carboxylic acids is 1. The lowest BCUT2D eigenvalue weighted by Crippen LogP contribution is -2.08. The van der Waals surface area contributed by atoms with Gasteiger partial charge in [0.2, 0.25) is 0 Å². The van der Waals surface area contributed by atoms with Crippen molar-refractivity contribution in [3.05, 3.63) is 57.6 Å². The average Bonchev–Trinajstić information content (AvgIpc) is 2.38. The maximum atomic E-state index is 12.6. The van der Waals surface area contributed by atoms with Crippen molar-refractivity contribution in [1.82, 2.24) is 0 Å². The topological polar surface area (TPSA) is 52.3 Å². The van der Waals surface area contributed by atoms with Gasteiger partial charge in [0.25, 0.3) is 0 Å². The van der Waals surface area contributed by atoms with E-state index in [0.29, 0.717) is 27.9 Å². The Hall–Kier alpha value is -1.81. The lowest BCUT2D eigenvalue weighted by atomic mass is 9.97. The number of hydrogen-bond acceptors (Lipinski definition) is 3. The predicted octanol–water partition coefficient (Wildman–Crippen LogP) is 3.97. The van der Waals surface area contributed by atoms with E-state index in [4.69, 9.17) is 10.5 Å². The zero-order valence-electron chi connectivity index (χ0n) is 11.4. The molecule has 0 aliphatic rings. The Kier molecular flexibility index (Phi) is 4.45. The van der Waals surface area contributed by atoms with Crippen molar-refractivity contribution in [2.24, 2.45) is 0 Å². The van der Waals surface area contributed by atoms with Crippen LogP contribution in [-0.4, -0.2) is 12.4 Å². The summed E-state index contributed by atoms with van der Waals surface area (Å²) in [6.07, 6.45) is 0. The second-order valence-corrected chi connectivity index (χ2v) is 5.30. The average molecular weight is 334 g/mol. The predicted molar refractivity (Wildman–Crippen MR) is 84.3 cm³/mol. The summed E-state index contributed by atoms with van der Waals surface area (Å²) in [7, 11) is 0. The van der Waals surface area contributed by atoms with E-state index in [1.165, 1.54) is 0 Å². The summed E-state index contributed by atoms with van der Waals surface area (Å²) < 4.78 is 6.11. The molecule has 0 unspecified atom stereocenters. The van der Waals surface area contributed by atoms with Crippen LogP contribution in [0.1, 0.15) is 28.4 Å². The first-order valence-electron chi connectivity index (χ1n) is 6.36. The van der Waals surface area contributed by atoms with E-state index in [2.05, 4.69) is 15.9 Å². The highest BCUT2D eigenvalue weighted by atomic mass is 79.9. The van der Waals surface area contributed by atoms with Gasteiger partial charge >= 0.3 is 0 Å². The second-order valence-electron chi connectivity index (χ2n) is 4.44. The van der Waals surface area contributed by atoms with Crippen molar-refractivity contribution in [2.75, 3.05) is 12.3 Å². The number of benzene rings is 2. The molecule has 0 aliphatic carbocycles. The van der Waals surface area contributed by atoms with Gasteiger partial charge in [0, 0.05) is 21.3 Å². The number of rotatable bonds is 4. The van der Waals surface area contributed by atoms with Gasteiger partial charge in [-0.3, -0.25) is 4.79 Å². The first-order valence-corrected chi connectivity index (χ1v) is 7.16. The number of ether oxygens (including phenoxy) is 1. The minimum Gasteiger partial charge on any atom is -0.494 e. The van der Waals surface area contributed by atoms with Gasteiger partial charge in [0.1, 0.15) is 5.75 Å². The van der Waals surface area contributed by atoms with Gasteiger partial charge in [-0.2, -0.15) is 0 Å². The second kappa shape index (κ2) is 6.09. The summed E-state index contributed by atoms with van der Waals surface area (Å²) in [6, 6.07) is 10.8. The molecule has 3 nitrogen and oxygen atoms in total. The fourth-order valence-electron chi connectivity index (χ4n) is 2.07. The molecule has 104 valence electrons. The van der Waals surface area contributed by atoms with Crippen molar-refractivity contribution in [1.29, 1.82) is 0 Å². The number of halogens is 1. The van der Waals surface area contributed by atoms with E-state index < -0.39 is 0 Å². The number of anilines is 1. The standard InChI is InChI=1S/C16H16BrNO2/c1-3-20-11-7-8-12(13(17)9-11)16(19)15-10(2)5-4-6-14(15)18/h4-9H,3,18H2,1-2H3. The summed E-state index contributed by atoms with van der Waals surface area (Å²) >= 11 is 3.42. The Balaban J connectivity index is 2.44. The van der Waals surface area contributed by atoms with Crippen LogP contribution >= 0.6 is 15.9 Å². The molecule has 20 heavy (non-hydrogen) atoms. The molecular formula is C16H16BrNO2. The van der Waals surface area contributed by atoms with Gasteiger partial charge < -0.3 is 10.5 Å². The largest absolute Gasteiger partial charge is 0.494 e. The Morgan fingerprint density at radius 2 is 2.05 bits per heavy atom. The molecular weight excluding hydrogens is 318 g/mol. The van der Waals surface area contributed by atoms with Crippen LogP contribution in [0.4, 0.5) is 5.69 Å². The molecule has 0 heterocycles. The molecule has 2 aromatic carbocycles. The van der Waals surface area contributed by atoms with Crippen molar-refractivity contribution in [3.63, 3.8) is 0 Å². The summed E-state index contributed by atoms with van der Waals surface area (Å²) in [4.78, 5) is 12.6. The van der Waals surface area contributed by atoms with Crippen molar-refractivity contribution >= 4 is 27.4 Å². The van der Waals surface area contributed by atoms with Gasteiger partial charge in [-0.05, 0) is 59.6 Å². The minimum absolute atomic E-state index is 0.0875. The van der Waals surface area contributed by atoms with Gasteiger partial charge in [-0.15, -0.1) is 0 Å². The number of hydrogen-bond donors (Lipinski definition) is 1. The molecule has 4 heteroatoms. The number of aryl methyl sites for hydroxylation is 1. The van der Waals surface area contributed by atoms with Gasteiger partial charge in [0.15, 0.2) is 5.78 Å². The number of nitrogens with two attached hydrogens (primary N) is 1. The van der Waals surface area contributed by atoms with E-state index in [1.54, 1.807) is 24.3 Å². The number of nitrogen functional groups attached to an aromatic ring is 1. The molecule has 0 aromatic heterocycles. The highest BCUT2D eigenvalue weighted by Gasteiger charge is 2.17. The summed E-state index contributed by atoms with van der Waals surface area (Å²) in [5.74, 6) is 0.643. The molecule has 2 N–H and O–H groups in total. The molecule has 0 saturated carbocycles. The SMILES string of the molecule is CCOc1ccc(C(=O)c2c(C)cccc2N)c(Br)c1. The lowest BCUT2D eigenvalue weighted by Gasteiger charge is -2.11. The maximum Gasteiger partial charge on any atom is 0.196 e. The Labute approximate surface area is 126 Å². The molecule has 0 spiro atoms. The van der Waals surface area contributed by atoms with Gasteiger partial charge in [-0.1, -0.05) is 12.1 Å². The molecule has 0 aliphatic heterocycles. The Bertz CT molecular complexity index is 633. The van der Waals surface area contributed by atoms with E-state index >= 15 is 0 Å². The van der Waals surface area contributed by atoms with Crippen molar-refractivity contribution in [2.45, 2.75) is 13.8 Å². The molecule has 0 amide bonds. The first-order chi connectivity index (χ1) is 9.54. The summed E-state index contributed by atoms with van der Waals surface area (Å²) in [5.41, 5.74) is 8.42. The van der Waals surface area contributed by atoms with Crippen molar-refractivity contribution in [3.8, 4) is 5.75 Å². The van der Waals surface area contributed by atoms with E-state index in [9.17, 15) is 4.79 Å². The minimum atomic E-state index is -0.0875. The zero-order valence-corrected chi connectivity index (χ0v) is 13.0.